The molecule has 0 saturated heterocycles. The topological polar surface area (TPSA) is 24.9 Å². The maximum atomic E-state index is 13.0. The number of benzene rings is 1. The molecule has 0 aliphatic carbocycles. The molecule has 1 aromatic carbocycles. The highest BCUT2D eigenvalue weighted by Gasteiger charge is 2.36. The summed E-state index contributed by atoms with van der Waals surface area (Å²) in [4.78, 5) is 3.76. The Hall–Kier alpha value is -0.820. The van der Waals surface area contributed by atoms with Gasteiger partial charge in [-0.05, 0) is 35.0 Å². The Labute approximate surface area is 124 Å². The zero-order valence-electron chi connectivity index (χ0n) is 9.99. The minimum atomic E-state index is -4.48. The van der Waals surface area contributed by atoms with E-state index in [2.05, 4.69) is 42.2 Å². The standard InChI is InChI=1S/C12H9Br2F3N2/c1-5-9(18-2)7-3-6(13)4-8(14)10(7)19-11(5)12(15,16)17/h3-4H,1-2H3,(H,18,19). The predicted molar refractivity (Wildman–Crippen MR) is 76.4 cm³/mol. The number of rotatable bonds is 1. The molecular weight excluding hydrogens is 389 g/mol. The summed E-state index contributed by atoms with van der Waals surface area (Å²) in [5, 5.41) is 3.46. The highest BCUT2D eigenvalue weighted by atomic mass is 79.9. The molecule has 2 rings (SSSR count). The smallest absolute Gasteiger partial charge is 0.387 e. The van der Waals surface area contributed by atoms with Crippen LogP contribution in [0.4, 0.5) is 18.9 Å². The Kier molecular flexibility index (Phi) is 3.79. The predicted octanol–water partition coefficient (Wildman–Crippen LogP) is 5.13. The van der Waals surface area contributed by atoms with Gasteiger partial charge in [0.1, 0.15) is 5.69 Å². The van der Waals surface area contributed by atoms with Crippen LogP contribution in [-0.4, -0.2) is 12.0 Å². The van der Waals surface area contributed by atoms with Gasteiger partial charge in [0.25, 0.3) is 0 Å². The van der Waals surface area contributed by atoms with Crippen molar-refractivity contribution in [2.24, 2.45) is 0 Å². The number of anilines is 1. The van der Waals surface area contributed by atoms with Crippen LogP contribution in [-0.2, 0) is 6.18 Å². The van der Waals surface area contributed by atoms with Gasteiger partial charge in [-0.2, -0.15) is 13.2 Å². The first-order chi connectivity index (χ1) is 8.75. The summed E-state index contributed by atoms with van der Waals surface area (Å²) in [6, 6.07) is 3.41. The number of halogens is 5. The highest BCUT2D eigenvalue weighted by Crippen LogP contribution is 2.39. The molecule has 1 heterocycles. The molecule has 1 N–H and O–H groups in total. The van der Waals surface area contributed by atoms with Gasteiger partial charge in [-0.15, -0.1) is 0 Å². The summed E-state index contributed by atoms with van der Waals surface area (Å²) >= 11 is 6.57. The van der Waals surface area contributed by atoms with Gasteiger partial charge in [0, 0.05) is 32.6 Å². The van der Waals surface area contributed by atoms with Crippen LogP contribution >= 0.6 is 31.9 Å². The van der Waals surface area contributed by atoms with Crippen LogP contribution in [0.5, 0.6) is 0 Å². The molecule has 0 unspecified atom stereocenters. The maximum absolute atomic E-state index is 13.0. The van der Waals surface area contributed by atoms with Crippen LogP contribution in [0.25, 0.3) is 10.9 Å². The molecule has 2 nitrogen and oxygen atoms in total. The van der Waals surface area contributed by atoms with Crippen molar-refractivity contribution in [2.75, 3.05) is 12.4 Å². The number of pyridine rings is 1. The van der Waals surface area contributed by atoms with E-state index in [-0.39, 0.29) is 11.1 Å². The summed E-state index contributed by atoms with van der Waals surface area (Å²) in [7, 11) is 1.59. The van der Waals surface area contributed by atoms with Crippen molar-refractivity contribution >= 4 is 48.5 Å². The molecule has 0 saturated carbocycles. The third kappa shape index (κ3) is 2.58. The normalized spacial score (nSPS) is 11.9. The summed E-state index contributed by atoms with van der Waals surface area (Å²) in [6.07, 6.45) is -4.48. The summed E-state index contributed by atoms with van der Waals surface area (Å²) in [5.41, 5.74) is -0.0651. The SMILES string of the molecule is CNc1c(C)c(C(F)(F)F)nc2c(Br)cc(Br)cc12. The second kappa shape index (κ2) is 4.94. The number of fused-ring (bicyclic) bond motifs is 1. The lowest BCUT2D eigenvalue weighted by molar-refractivity contribution is -0.141. The van der Waals surface area contributed by atoms with E-state index in [0.717, 1.165) is 4.47 Å². The number of aromatic nitrogens is 1. The van der Waals surface area contributed by atoms with Crippen molar-refractivity contribution in [3.05, 3.63) is 32.3 Å². The fourth-order valence-electron chi connectivity index (χ4n) is 1.98. The van der Waals surface area contributed by atoms with Gasteiger partial charge in [-0.3, -0.25) is 0 Å². The van der Waals surface area contributed by atoms with E-state index >= 15 is 0 Å². The molecule has 0 bridgehead atoms. The minimum Gasteiger partial charge on any atom is -0.387 e. The quantitative estimate of drug-likeness (QED) is 0.721. The number of hydrogen-bond acceptors (Lipinski definition) is 2. The third-order valence-corrected chi connectivity index (χ3v) is 3.83. The molecule has 19 heavy (non-hydrogen) atoms. The molecule has 7 heteroatoms. The van der Waals surface area contributed by atoms with Gasteiger partial charge in [0.05, 0.1) is 5.52 Å². The van der Waals surface area contributed by atoms with Crippen molar-refractivity contribution in [2.45, 2.75) is 13.1 Å². The summed E-state index contributed by atoms with van der Waals surface area (Å²) < 4.78 is 40.2. The second-order valence-electron chi connectivity index (χ2n) is 3.99. The molecular formula is C12H9Br2F3N2. The number of alkyl halides is 3. The number of nitrogens with zero attached hydrogens (tertiary/aromatic N) is 1. The molecule has 0 spiro atoms. The molecule has 102 valence electrons. The van der Waals surface area contributed by atoms with E-state index < -0.39 is 11.9 Å². The molecule has 0 amide bonds. The van der Waals surface area contributed by atoms with E-state index in [1.54, 1.807) is 19.2 Å². The van der Waals surface area contributed by atoms with Crippen LogP contribution < -0.4 is 5.32 Å². The monoisotopic (exact) mass is 396 g/mol. The van der Waals surface area contributed by atoms with Crippen LogP contribution in [0, 0.1) is 6.92 Å². The number of nitrogens with one attached hydrogen (secondary N) is 1. The van der Waals surface area contributed by atoms with E-state index in [1.165, 1.54) is 6.92 Å². The molecule has 2 aromatic rings. The fraction of sp³-hybridized carbons (Fsp3) is 0.250. The Morgan fingerprint density at radius 2 is 1.84 bits per heavy atom. The van der Waals surface area contributed by atoms with Crippen LogP contribution in [0.3, 0.4) is 0 Å². The highest BCUT2D eigenvalue weighted by molar-refractivity contribution is 9.11. The lowest BCUT2D eigenvalue weighted by Gasteiger charge is -2.16. The van der Waals surface area contributed by atoms with Crippen molar-refractivity contribution in [3.8, 4) is 0 Å². The summed E-state index contributed by atoms with van der Waals surface area (Å²) in [6.45, 7) is 1.41. The zero-order valence-corrected chi connectivity index (χ0v) is 13.2. The van der Waals surface area contributed by atoms with Crippen molar-refractivity contribution in [1.29, 1.82) is 0 Å². The molecule has 0 aliphatic heterocycles. The van der Waals surface area contributed by atoms with Crippen LogP contribution in [0.15, 0.2) is 21.1 Å². The van der Waals surface area contributed by atoms with Gasteiger partial charge in [-0.25, -0.2) is 4.98 Å². The molecule has 1 aromatic heterocycles. The lowest BCUT2D eigenvalue weighted by Crippen LogP contribution is -2.12. The van der Waals surface area contributed by atoms with Gasteiger partial charge < -0.3 is 5.32 Å². The van der Waals surface area contributed by atoms with E-state index in [0.29, 0.717) is 15.5 Å². The Balaban J connectivity index is 2.95. The van der Waals surface area contributed by atoms with Crippen molar-refractivity contribution < 1.29 is 13.2 Å². The van der Waals surface area contributed by atoms with Crippen LogP contribution in [0.2, 0.25) is 0 Å². The molecule has 0 aliphatic rings. The Morgan fingerprint density at radius 3 is 2.37 bits per heavy atom. The van der Waals surface area contributed by atoms with Crippen LogP contribution in [0.1, 0.15) is 11.3 Å². The lowest BCUT2D eigenvalue weighted by atomic mass is 10.1. The third-order valence-electron chi connectivity index (χ3n) is 2.77. The minimum absolute atomic E-state index is 0.0903. The molecule has 0 radical (unpaired) electrons. The van der Waals surface area contributed by atoms with Gasteiger partial charge in [0.15, 0.2) is 0 Å². The van der Waals surface area contributed by atoms with Crippen molar-refractivity contribution in [3.63, 3.8) is 0 Å². The average Bonchev–Trinajstić information content (AvgIpc) is 2.26. The van der Waals surface area contributed by atoms with E-state index in [9.17, 15) is 13.2 Å². The first-order valence-electron chi connectivity index (χ1n) is 5.30. The fourth-order valence-corrected chi connectivity index (χ4v) is 3.30. The summed E-state index contributed by atoms with van der Waals surface area (Å²) in [5.74, 6) is 0. The number of hydrogen-bond donors (Lipinski definition) is 1. The van der Waals surface area contributed by atoms with Crippen molar-refractivity contribution in [1.82, 2.24) is 4.98 Å². The zero-order chi connectivity index (χ0) is 14.4. The molecule has 0 atom stereocenters. The maximum Gasteiger partial charge on any atom is 0.433 e. The van der Waals surface area contributed by atoms with Gasteiger partial charge in [-0.1, -0.05) is 15.9 Å². The van der Waals surface area contributed by atoms with Gasteiger partial charge in [0.2, 0.25) is 0 Å². The largest absolute Gasteiger partial charge is 0.433 e. The van der Waals surface area contributed by atoms with E-state index in [4.69, 9.17) is 0 Å². The van der Waals surface area contributed by atoms with E-state index in [1.807, 2.05) is 0 Å². The first-order valence-corrected chi connectivity index (χ1v) is 6.88. The Morgan fingerprint density at radius 1 is 1.21 bits per heavy atom. The Bertz CT molecular complexity index is 654. The first kappa shape index (κ1) is 14.6. The average molecular weight is 398 g/mol. The second-order valence-corrected chi connectivity index (χ2v) is 5.76. The van der Waals surface area contributed by atoms with Gasteiger partial charge >= 0.3 is 6.18 Å². The molecule has 0 fully saturated rings.